The van der Waals surface area contributed by atoms with Gasteiger partial charge >= 0.3 is 0 Å². The summed E-state index contributed by atoms with van der Waals surface area (Å²) in [4.78, 5) is 4.06. The highest BCUT2D eigenvalue weighted by Gasteiger charge is 2.15. The monoisotopic (exact) mass is 352 g/mol. The van der Waals surface area contributed by atoms with Crippen LogP contribution in [0, 0.1) is 5.92 Å². The first-order valence-corrected chi connectivity index (χ1v) is 9.22. The average Bonchev–Trinajstić information content (AvgIpc) is 2.85. The molecule has 1 rings (SSSR count). The van der Waals surface area contributed by atoms with E-state index in [9.17, 15) is 8.42 Å². The number of hydrogen-bond acceptors (Lipinski definition) is 4. The van der Waals surface area contributed by atoms with Gasteiger partial charge in [-0.2, -0.15) is 0 Å². The van der Waals surface area contributed by atoms with Crippen molar-refractivity contribution in [3.8, 4) is 0 Å². The van der Waals surface area contributed by atoms with Crippen LogP contribution in [0.4, 0.5) is 0 Å². The predicted molar refractivity (Wildman–Crippen MR) is 88.7 cm³/mol. The Morgan fingerprint density at radius 2 is 2.05 bits per heavy atom. The molecule has 0 unspecified atom stereocenters. The maximum atomic E-state index is 11.9. The molecule has 0 aliphatic heterocycles. The molecule has 0 amide bonds. The Hall–Kier alpha value is -0.830. The summed E-state index contributed by atoms with van der Waals surface area (Å²) in [5.74, 6) is 1.16. The highest BCUT2D eigenvalue weighted by molar-refractivity contribution is 7.91. The minimum Gasteiger partial charge on any atom is -0.356 e. The number of nitrogens with one attached hydrogen (secondary N) is 3. The van der Waals surface area contributed by atoms with Crippen LogP contribution in [0.25, 0.3) is 0 Å². The molecule has 0 bridgehead atoms. The summed E-state index contributed by atoms with van der Waals surface area (Å²) < 4.78 is 27.1. The molecule has 0 aliphatic carbocycles. The fourth-order valence-corrected chi connectivity index (χ4v) is 3.96. The highest BCUT2D eigenvalue weighted by Crippen LogP contribution is 2.24. The maximum Gasteiger partial charge on any atom is 0.250 e. The molecule has 0 saturated carbocycles. The van der Waals surface area contributed by atoms with Crippen LogP contribution < -0.4 is 15.4 Å². The van der Waals surface area contributed by atoms with Gasteiger partial charge < -0.3 is 10.6 Å². The van der Waals surface area contributed by atoms with E-state index in [1.54, 1.807) is 13.1 Å². The molecule has 3 N–H and O–H groups in total. The zero-order valence-electron chi connectivity index (χ0n) is 12.3. The van der Waals surface area contributed by atoms with Crippen LogP contribution in [-0.4, -0.2) is 41.1 Å². The summed E-state index contributed by atoms with van der Waals surface area (Å²) in [5, 5.41) is 6.19. The lowest BCUT2D eigenvalue weighted by Gasteiger charge is -2.13. The van der Waals surface area contributed by atoms with Crippen molar-refractivity contribution in [3.05, 3.63) is 16.5 Å². The Morgan fingerprint density at radius 3 is 2.57 bits per heavy atom. The van der Waals surface area contributed by atoms with Crippen LogP contribution in [0.15, 0.2) is 21.3 Å². The Morgan fingerprint density at radius 1 is 1.33 bits per heavy atom. The molecule has 0 fully saturated rings. The minimum atomic E-state index is -3.49. The van der Waals surface area contributed by atoms with Crippen molar-refractivity contribution in [2.75, 3.05) is 26.7 Å². The Labute approximate surface area is 135 Å². The fraction of sp³-hybridized carbons (Fsp3) is 0.583. The van der Waals surface area contributed by atoms with Crippen molar-refractivity contribution in [1.29, 1.82) is 0 Å². The lowest BCUT2D eigenvalue weighted by atomic mass is 10.2. The van der Waals surface area contributed by atoms with Crippen LogP contribution in [0.3, 0.4) is 0 Å². The number of sulfonamides is 1. The number of thiophene rings is 1. The molecule has 0 spiro atoms. The molecule has 21 heavy (non-hydrogen) atoms. The minimum absolute atomic E-state index is 0.217. The smallest absolute Gasteiger partial charge is 0.250 e. The molecule has 1 aromatic heterocycles. The second-order valence-electron chi connectivity index (χ2n) is 4.73. The van der Waals surface area contributed by atoms with Crippen LogP contribution >= 0.6 is 22.9 Å². The summed E-state index contributed by atoms with van der Waals surface area (Å²) in [6.07, 6.45) is 0. The van der Waals surface area contributed by atoms with Crippen LogP contribution in [-0.2, 0) is 10.0 Å². The van der Waals surface area contributed by atoms with Crippen LogP contribution in [0.1, 0.15) is 13.8 Å². The van der Waals surface area contributed by atoms with Gasteiger partial charge in [-0.15, -0.1) is 11.3 Å². The predicted octanol–water partition coefficient (Wildman–Crippen LogP) is 1.50. The highest BCUT2D eigenvalue weighted by atomic mass is 35.5. The number of rotatable bonds is 7. The van der Waals surface area contributed by atoms with Gasteiger partial charge in [-0.25, -0.2) is 13.1 Å². The Kier molecular flexibility index (Phi) is 7.44. The molecule has 1 heterocycles. The molecule has 0 radical (unpaired) electrons. The molecule has 0 atom stereocenters. The molecule has 0 saturated heterocycles. The molecule has 0 aromatic carbocycles. The van der Waals surface area contributed by atoms with E-state index in [4.69, 9.17) is 11.6 Å². The number of halogens is 1. The van der Waals surface area contributed by atoms with Gasteiger partial charge in [0.25, 0.3) is 0 Å². The van der Waals surface area contributed by atoms with Crippen LogP contribution in [0.2, 0.25) is 4.34 Å². The van der Waals surface area contributed by atoms with Gasteiger partial charge in [0.05, 0.1) is 4.34 Å². The zero-order valence-corrected chi connectivity index (χ0v) is 14.7. The number of aliphatic imine (C=N–C) groups is 1. The van der Waals surface area contributed by atoms with Gasteiger partial charge in [-0.1, -0.05) is 25.4 Å². The topological polar surface area (TPSA) is 82.6 Å². The summed E-state index contributed by atoms with van der Waals surface area (Å²) in [7, 11) is -1.81. The van der Waals surface area contributed by atoms with Gasteiger partial charge in [0.1, 0.15) is 4.21 Å². The van der Waals surface area contributed by atoms with Crippen molar-refractivity contribution in [2.24, 2.45) is 10.9 Å². The summed E-state index contributed by atoms with van der Waals surface area (Å²) in [6, 6.07) is 3.06. The Balaban J connectivity index is 2.36. The van der Waals surface area contributed by atoms with Crippen molar-refractivity contribution in [1.82, 2.24) is 15.4 Å². The van der Waals surface area contributed by atoms with Crippen molar-refractivity contribution in [3.63, 3.8) is 0 Å². The van der Waals surface area contributed by atoms with Gasteiger partial charge in [0.15, 0.2) is 5.96 Å². The van der Waals surface area contributed by atoms with E-state index in [1.807, 2.05) is 0 Å². The second-order valence-corrected chi connectivity index (χ2v) is 8.44. The zero-order chi connectivity index (χ0) is 15.9. The number of nitrogens with zero attached hydrogens (tertiary/aromatic N) is 1. The van der Waals surface area contributed by atoms with Crippen molar-refractivity contribution in [2.45, 2.75) is 18.1 Å². The fourth-order valence-electron chi connectivity index (χ4n) is 1.40. The first-order chi connectivity index (χ1) is 9.85. The lowest BCUT2D eigenvalue weighted by Crippen LogP contribution is -2.42. The molecular formula is C12H21ClN4O2S2. The largest absolute Gasteiger partial charge is 0.356 e. The summed E-state index contributed by atoms with van der Waals surface area (Å²) >= 11 is 6.77. The average molecular weight is 353 g/mol. The molecular weight excluding hydrogens is 332 g/mol. The van der Waals surface area contributed by atoms with E-state index in [0.717, 1.165) is 17.9 Å². The van der Waals surface area contributed by atoms with Gasteiger partial charge in [0.2, 0.25) is 10.0 Å². The SMILES string of the molecule is CN=C(NCCNS(=O)(=O)c1ccc(Cl)s1)NCC(C)C. The van der Waals surface area contributed by atoms with Crippen LogP contribution in [0.5, 0.6) is 0 Å². The standard InChI is InChI=1S/C12H21ClN4O2S2/c1-9(2)8-16-12(14-3)15-6-7-17-21(18,19)11-5-4-10(13)20-11/h4-5,9,17H,6-8H2,1-3H3,(H2,14,15,16). The summed E-state index contributed by atoms with van der Waals surface area (Å²) in [6.45, 7) is 5.70. The van der Waals surface area contributed by atoms with Gasteiger partial charge in [0, 0.05) is 26.7 Å². The number of guanidine groups is 1. The van der Waals surface area contributed by atoms with E-state index in [1.165, 1.54) is 6.07 Å². The lowest BCUT2D eigenvalue weighted by molar-refractivity contribution is 0.581. The van der Waals surface area contributed by atoms with E-state index < -0.39 is 10.0 Å². The first kappa shape index (κ1) is 18.2. The first-order valence-electron chi connectivity index (χ1n) is 6.54. The van der Waals surface area contributed by atoms with Crippen molar-refractivity contribution < 1.29 is 8.42 Å². The van der Waals surface area contributed by atoms with E-state index in [0.29, 0.717) is 22.8 Å². The van der Waals surface area contributed by atoms with Crippen molar-refractivity contribution >= 4 is 38.9 Å². The van der Waals surface area contributed by atoms with E-state index >= 15 is 0 Å². The quantitative estimate of drug-likeness (QED) is 0.394. The maximum absolute atomic E-state index is 11.9. The normalized spacial score (nSPS) is 12.7. The van der Waals surface area contributed by atoms with E-state index in [2.05, 4.69) is 34.2 Å². The molecule has 120 valence electrons. The second kappa shape index (κ2) is 8.57. The van der Waals surface area contributed by atoms with Gasteiger partial charge in [-0.3, -0.25) is 4.99 Å². The Bertz CT molecular complexity index is 570. The third kappa shape index (κ3) is 6.64. The van der Waals surface area contributed by atoms with E-state index in [-0.39, 0.29) is 10.8 Å². The number of hydrogen-bond donors (Lipinski definition) is 3. The third-order valence-corrected chi connectivity index (χ3v) is 5.61. The molecule has 6 nitrogen and oxygen atoms in total. The molecule has 1 aromatic rings. The van der Waals surface area contributed by atoms with Gasteiger partial charge in [-0.05, 0) is 18.1 Å². The third-order valence-electron chi connectivity index (χ3n) is 2.42. The molecule has 9 heteroatoms. The summed E-state index contributed by atoms with van der Waals surface area (Å²) in [5.41, 5.74) is 0. The molecule has 0 aliphatic rings.